The van der Waals surface area contributed by atoms with Crippen LogP contribution in [0.15, 0.2) is 40.3 Å². The maximum Gasteiger partial charge on any atom is 0.295 e. The van der Waals surface area contributed by atoms with Crippen LogP contribution in [0, 0.1) is 6.92 Å². The van der Waals surface area contributed by atoms with Crippen LogP contribution in [0.4, 0.5) is 0 Å². The van der Waals surface area contributed by atoms with Crippen molar-refractivity contribution in [1.82, 2.24) is 4.90 Å². The van der Waals surface area contributed by atoms with E-state index in [0.717, 1.165) is 18.4 Å². The van der Waals surface area contributed by atoms with E-state index < -0.39 is 17.7 Å². The highest BCUT2D eigenvalue weighted by Crippen LogP contribution is 2.42. The number of methoxy groups -OCH3 is 1. The molecule has 7 nitrogen and oxygen atoms in total. The van der Waals surface area contributed by atoms with Crippen LogP contribution in [0.5, 0.6) is 5.75 Å². The zero-order valence-corrected chi connectivity index (χ0v) is 19.8. The first-order chi connectivity index (χ1) is 15.6. The Bertz CT molecular complexity index is 1100. The Hall–Kier alpha value is -3.06. The lowest BCUT2D eigenvalue weighted by molar-refractivity contribution is -0.141. The van der Waals surface area contributed by atoms with Gasteiger partial charge in [0.15, 0.2) is 0 Å². The van der Waals surface area contributed by atoms with E-state index in [2.05, 4.69) is 0 Å². The van der Waals surface area contributed by atoms with Crippen LogP contribution in [-0.2, 0) is 19.7 Å². The number of hydrogen-bond acceptors (Lipinski definition) is 6. The predicted molar refractivity (Wildman–Crippen MR) is 123 cm³/mol. The fraction of sp³-hybridized carbons (Fsp3) is 0.462. The molecule has 2 fully saturated rings. The first-order valence-electron chi connectivity index (χ1n) is 11.3. The number of hydrogen-bond donors (Lipinski definition) is 1. The van der Waals surface area contributed by atoms with E-state index in [-0.39, 0.29) is 29.4 Å². The Morgan fingerprint density at radius 2 is 1.97 bits per heavy atom. The van der Waals surface area contributed by atoms with Crippen LogP contribution < -0.4 is 4.74 Å². The fourth-order valence-electron chi connectivity index (χ4n) is 4.57. The number of aliphatic hydroxyl groups is 1. The molecule has 3 heterocycles. The number of carbonyl (C=O) groups excluding carboxylic acids is 2. The van der Waals surface area contributed by atoms with Crippen molar-refractivity contribution in [3.8, 4) is 5.75 Å². The van der Waals surface area contributed by atoms with E-state index in [9.17, 15) is 14.7 Å². The molecule has 2 aromatic rings. The second kappa shape index (κ2) is 8.71. The maximum atomic E-state index is 13.2. The van der Waals surface area contributed by atoms with Crippen molar-refractivity contribution in [3.63, 3.8) is 0 Å². The summed E-state index contributed by atoms with van der Waals surface area (Å²) in [6.07, 6.45) is 1.59. The minimum Gasteiger partial charge on any atom is -0.507 e. The molecule has 2 atom stereocenters. The quantitative estimate of drug-likeness (QED) is 0.408. The molecule has 1 aromatic heterocycles. The molecule has 0 radical (unpaired) electrons. The molecule has 0 bridgehead atoms. The molecule has 0 spiro atoms. The number of aryl methyl sites for hydroxylation is 1. The number of Topliss-reactive ketones (excluding diaryl/α,β-unsaturated/α-hetero) is 1. The van der Waals surface area contributed by atoms with E-state index in [1.54, 1.807) is 38.3 Å². The number of nitrogens with zero attached hydrogens (tertiary/aromatic N) is 1. The van der Waals surface area contributed by atoms with E-state index in [0.29, 0.717) is 29.4 Å². The highest BCUT2D eigenvalue weighted by atomic mass is 16.5. The number of ketones is 1. The number of ether oxygens (including phenoxy) is 2. The number of amides is 1. The van der Waals surface area contributed by atoms with Gasteiger partial charge in [-0.1, -0.05) is 20.8 Å². The monoisotopic (exact) mass is 453 g/mol. The summed E-state index contributed by atoms with van der Waals surface area (Å²) in [5, 5.41) is 11.3. The normalized spacial score (nSPS) is 22.9. The number of rotatable bonds is 5. The molecule has 1 aromatic carbocycles. The van der Waals surface area contributed by atoms with Gasteiger partial charge >= 0.3 is 0 Å². The van der Waals surface area contributed by atoms with Crippen LogP contribution in [0.2, 0.25) is 0 Å². The average Bonchev–Trinajstić information content (AvgIpc) is 3.49. The van der Waals surface area contributed by atoms with Gasteiger partial charge < -0.3 is 23.9 Å². The van der Waals surface area contributed by atoms with Gasteiger partial charge in [0.25, 0.3) is 11.7 Å². The predicted octanol–water partition coefficient (Wildman–Crippen LogP) is 4.49. The van der Waals surface area contributed by atoms with Crippen molar-refractivity contribution < 1.29 is 28.6 Å². The maximum absolute atomic E-state index is 13.2. The highest BCUT2D eigenvalue weighted by molar-refractivity contribution is 6.46. The summed E-state index contributed by atoms with van der Waals surface area (Å²) in [6.45, 7) is 8.83. The molecular formula is C26H31NO6. The Labute approximate surface area is 194 Å². The summed E-state index contributed by atoms with van der Waals surface area (Å²) in [7, 11) is 1.60. The second-order valence-corrected chi connectivity index (χ2v) is 9.70. The first kappa shape index (κ1) is 23.1. The molecule has 0 aliphatic carbocycles. The van der Waals surface area contributed by atoms with Crippen molar-refractivity contribution >= 4 is 17.4 Å². The lowest BCUT2D eigenvalue weighted by atomic mass is 9.84. The van der Waals surface area contributed by atoms with Crippen LogP contribution in [0.1, 0.15) is 62.3 Å². The van der Waals surface area contributed by atoms with Gasteiger partial charge in [0.05, 0.1) is 18.8 Å². The minimum absolute atomic E-state index is 0.0253. The summed E-state index contributed by atoms with van der Waals surface area (Å²) in [6, 6.07) is 7.99. The van der Waals surface area contributed by atoms with Gasteiger partial charge in [-0.3, -0.25) is 9.59 Å². The van der Waals surface area contributed by atoms with Gasteiger partial charge in [-0.25, -0.2) is 0 Å². The van der Waals surface area contributed by atoms with Crippen LogP contribution in [0.25, 0.3) is 5.76 Å². The number of furan rings is 1. The van der Waals surface area contributed by atoms with E-state index >= 15 is 0 Å². The molecule has 0 saturated carbocycles. The molecule has 7 heteroatoms. The number of carbonyl (C=O) groups is 2. The van der Waals surface area contributed by atoms with Gasteiger partial charge in [0.2, 0.25) is 0 Å². The fourth-order valence-corrected chi connectivity index (χ4v) is 4.57. The molecule has 2 saturated heterocycles. The molecule has 1 N–H and O–H groups in total. The average molecular weight is 454 g/mol. The van der Waals surface area contributed by atoms with Crippen molar-refractivity contribution in [1.29, 1.82) is 0 Å². The standard InChI is InChI=1S/C26H31NO6/c1-15-8-10-20(33-15)22-21(24(29)25(30)27(22)14-17-7-6-12-32-17)23(28)16-9-11-19(31-5)18(13-16)26(2,3)4/h8-11,13,17,22,28H,6-7,12,14H2,1-5H3/b23-21-. The largest absolute Gasteiger partial charge is 0.507 e. The molecule has 33 heavy (non-hydrogen) atoms. The van der Waals surface area contributed by atoms with Gasteiger partial charge in [0, 0.05) is 24.3 Å². The van der Waals surface area contributed by atoms with Crippen molar-refractivity contribution in [3.05, 3.63) is 58.6 Å². The summed E-state index contributed by atoms with van der Waals surface area (Å²) in [4.78, 5) is 27.7. The smallest absolute Gasteiger partial charge is 0.295 e. The van der Waals surface area contributed by atoms with E-state index in [1.807, 2.05) is 26.8 Å². The second-order valence-electron chi connectivity index (χ2n) is 9.70. The van der Waals surface area contributed by atoms with Crippen LogP contribution in [-0.4, -0.2) is 48.1 Å². The topological polar surface area (TPSA) is 89.2 Å². The SMILES string of the molecule is COc1ccc(/C(O)=C2/C(=O)C(=O)N(CC3CCCO3)C2c2ccc(C)o2)cc1C(C)(C)C. The van der Waals surface area contributed by atoms with Gasteiger partial charge in [-0.2, -0.15) is 0 Å². The summed E-state index contributed by atoms with van der Waals surface area (Å²) in [5.41, 5.74) is 1.10. The summed E-state index contributed by atoms with van der Waals surface area (Å²) < 4.78 is 17.1. The van der Waals surface area contributed by atoms with Crippen molar-refractivity contribution in [2.45, 2.75) is 58.1 Å². The van der Waals surface area contributed by atoms with Gasteiger partial charge in [0.1, 0.15) is 29.1 Å². The van der Waals surface area contributed by atoms with Crippen LogP contribution in [0.3, 0.4) is 0 Å². The lowest BCUT2D eigenvalue weighted by Crippen LogP contribution is -2.36. The summed E-state index contributed by atoms with van der Waals surface area (Å²) in [5.74, 6) is 0.183. The number of benzene rings is 1. The zero-order chi connectivity index (χ0) is 23.9. The summed E-state index contributed by atoms with van der Waals surface area (Å²) >= 11 is 0. The van der Waals surface area contributed by atoms with E-state index in [4.69, 9.17) is 13.9 Å². The molecule has 176 valence electrons. The third-order valence-electron chi connectivity index (χ3n) is 6.28. The minimum atomic E-state index is -0.817. The first-order valence-corrected chi connectivity index (χ1v) is 11.3. The van der Waals surface area contributed by atoms with E-state index in [1.165, 1.54) is 4.90 Å². The Morgan fingerprint density at radius 3 is 2.55 bits per heavy atom. The molecule has 4 rings (SSSR count). The third-order valence-corrected chi connectivity index (χ3v) is 6.28. The van der Waals surface area contributed by atoms with Gasteiger partial charge in [-0.05, 0) is 55.5 Å². The van der Waals surface area contributed by atoms with Crippen molar-refractivity contribution in [2.75, 3.05) is 20.3 Å². The zero-order valence-electron chi connectivity index (χ0n) is 19.8. The molecule has 2 unspecified atom stereocenters. The number of likely N-dealkylation sites (tertiary alicyclic amines) is 1. The van der Waals surface area contributed by atoms with Crippen molar-refractivity contribution in [2.24, 2.45) is 0 Å². The van der Waals surface area contributed by atoms with Crippen LogP contribution >= 0.6 is 0 Å². The lowest BCUT2D eigenvalue weighted by Gasteiger charge is -2.26. The highest BCUT2D eigenvalue weighted by Gasteiger charge is 2.48. The Morgan fingerprint density at radius 1 is 1.21 bits per heavy atom. The Balaban J connectivity index is 1.84. The number of aliphatic hydroxyl groups excluding tert-OH is 1. The molecule has 2 aliphatic rings. The Kier molecular flexibility index (Phi) is 6.10. The molecular weight excluding hydrogens is 422 g/mol. The molecule has 2 aliphatic heterocycles. The molecule has 1 amide bonds. The third kappa shape index (κ3) is 4.29. The van der Waals surface area contributed by atoms with Gasteiger partial charge in [-0.15, -0.1) is 0 Å².